The summed E-state index contributed by atoms with van der Waals surface area (Å²) in [6, 6.07) is 8.62. The highest BCUT2D eigenvalue weighted by atomic mass is 79.9. The number of nitrogens with two attached hydrogens (primary N) is 1. The van der Waals surface area contributed by atoms with Crippen LogP contribution in [0.15, 0.2) is 34.9 Å². The van der Waals surface area contributed by atoms with Crippen molar-refractivity contribution in [2.45, 2.75) is 26.3 Å². The zero-order valence-corrected chi connectivity index (χ0v) is 11.6. The Hall–Kier alpha value is -1.29. The molecule has 17 heavy (non-hydrogen) atoms. The molecule has 1 aromatic carbocycles. The van der Waals surface area contributed by atoms with Crippen molar-refractivity contribution in [3.8, 4) is 0 Å². The van der Waals surface area contributed by atoms with Crippen molar-refractivity contribution in [1.82, 2.24) is 9.78 Å². The fourth-order valence-electron chi connectivity index (χ4n) is 1.86. The summed E-state index contributed by atoms with van der Waals surface area (Å²) < 4.78 is 2.99. The quantitative estimate of drug-likeness (QED) is 0.943. The first-order chi connectivity index (χ1) is 8.08. The minimum atomic E-state index is 0.268. The monoisotopic (exact) mass is 293 g/mol. The third-order valence-electron chi connectivity index (χ3n) is 2.89. The van der Waals surface area contributed by atoms with E-state index in [1.807, 2.05) is 17.8 Å². The van der Waals surface area contributed by atoms with Gasteiger partial charge < -0.3 is 5.73 Å². The number of aromatic nitrogens is 2. The van der Waals surface area contributed by atoms with Gasteiger partial charge in [-0.3, -0.25) is 0 Å². The second-order valence-corrected chi connectivity index (χ2v) is 5.25. The van der Waals surface area contributed by atoms with E-state index < -0.39 is 0 Å². The highest BCUT2D eigenvalue weighted by Crippen LogP contribution is 2.20. The highest BCUT2D eigenvalue weighted by molar-refractivity contribution is 9.10. The Kier molecular flexibility index (Phi) is 3.52. The van der Waals surface area contributed by atoms with Crippen molar-refractivity contribution in [2.24, 2.45) is 0 Å². The Morgan fingerprint density at radius 3 is 2.53 bits per heavy atom. The average molecular weight is 294 g/mol. The first-order valence-electron chi connectivity index (χ1n) is 5.62. The van der Waals surface area contributed by atoms with E-state index in [1.54, 1.807) is 0 Å². The van der Waals surface area contributed by atoms with Gasteiger partial charge in [-0.05, 0) is 38.0 Å². The fraction of sp³-hybridized carbons (Fsp3) is 0.308. The van der Waals surface area contributed by atoms with Gasteiger partial charge in [0, 0.05) is 10.0 Å². The van der Waals surface area contributed by atoms with Gasteiger partial charge in [0.15, 0.2) is 0 Å². The minimum Gasteiger partial charge on any atom is -0.384 e. The molecule has 90 valence electrons. The summed E-state index contributed by atoms with van der Waals surface area (Å²) in [6.45, 7) is 4.11. The zero-order chi connectivity index (χ0) is 12.4. The summed E-state index contributed by atoms with van der Waals surface area (Å²) in [6.07, 6.45) is 2.74. The fourth-order valence-corrected chi connectivity index (χ4v) is 2.12. The van der Waals surface area contributed by atoms with Gasteiger partial charge in [-0.15, -0.1) is 0 Å². The van der Waals surface area contributed by atoms with Crippen LogP contribution in [0.3, 0.4) is 0 Å². The number of nitrogens with zero attached hydrogens (tertiary/aromatic N) is 2. The zero-order valence-electron chi connectivity index (χ0n) is 10.0. The maximum absolute atomic E-state index is 5.97. The largest absolute Gasteiger partial charge is 0.384 e. The summed E-state index contributed by atoms with van der Waals surface area (Å²) in [5.41, 5.74) is 8.29. The molecule has 1 atom stereocenters. The lowest BCUT2D eigenvalue weighted by Gasteiger charge is -2.14. The molecule has 0 spiro atoms. The summed E-state index contributed by atoms with van der Waals surface area (Å²) in [5, 5.41) is 4.31. The van der Waals surface area contributed by atoms with Crippen LogP contribution in [0.25, 0.3) is 0 Å². The lowest BCUT2D eigenvalue weighted by molar-refractivity contribution is 0.496. The van der Waals surface area contributed by atoms with Crippen LogP contribution in [-0.4, -0.2) is 9.78 Å². The molecule has 0 saturated heterocycles. The van der Waals surface area contributed by atoms with Crippen LogP contribution >= 0.6 is 15.9 Å². The Labute approximate surface area is 110 Å². The molecule has 0 radical (unpaired) electrons. The van der Waals surface area contributed by atoms with Crippen LogP contribution in [0, 0.1) is 6.92 Å². The van der Waals surface area contributed by atoms with E-state index in [0.717, 1.165) is 22.3 Å². The van der Waals surface area contributed by atoms with Crippen LogP contribution in [-0.2, 0) is 6.42 Å². The molecule has 2 rings (SSSR count). The number of aryl methyl sites for hydroxylation is 1. The molecule has 0 aliphatic carbocycles. The number of benzene rings is 1. The molecule has 0 fully saturated rings. The van der Waals surface area contributed by atoms with Crippen LogP contribution in [0.1, 0.15) is 24.1 Å². The maximum Gasteiger partial charge on any atom is 0.124 e. The van der Waals surface area contributed by atoms with Crippen molar-refractivity contribution in [3.05, 3.63) is 46.1 Å². The molecule has 3 nitrogen and oxygen atoms in total. The second kappa shape index (κ2) is 4.92. The number of anilines is 1. The Morgan fingerprint density at radius 1 is 1.35 bits per heavy atom. The first-order valence-corrected chi connectivity index (χ1v) is 6.41. The third kappa shape index (κ3) is 2.69. The molecule has 0 aliphatic rings. The molecular weight excluding hydrogens is 278 g/mol. The smallest absolute Gasteiger partial charge is 0.124 e. The van der Waals surface area contributed by atoms with Crippen LogP contribution in [0.4, 0.5) is 5.82 Å². The van der Waals surface area contributed by atoms with E-state index in [4.69, 9.17) is 5.73 Å². The van der Waals surface area contributed by atoms with Crippen molar-refractivity contribution >= 4 is 21.7 Å². The van der Waals surface area contributed by atoms with E-state index in [1.165, 1.54) is 5.56 Å². The van der Waals surface area contributed by atoms with Crippen molar-refractivity contribution in [2.75, 3.05) is 5.73 Å². The van der Waals surface area contributed by atoms with Crippen molar-refractivity contribution < 1.29 is 0 Å². The number of halogens is 1. The van der Waals surface area contributed by atoms with Gasteiger partial charge in [-0.2, -0.15) is 5.10 Å². The Morgan fingerprint density at radius 2 is 2.00 bits per heavy atom. The molecule has 2 aromatic rings. The molecule has 4 heteroatoms. The number of nitrogen functional groups attached to an aromatic ring is 1. The molecule has 1 unspecified atom stereocenters. The Balaban J connectivity index is 2.14. The summed E-state index contributed by atoms with van der Waals surface area (Å²) in [4.78, 5) is 0. The van der Waals surface area contributed by atoms with E-state index in [-0.39, 0.29) is 6.04 Å². The van der Waals surface area contributed by atoms with Gasteiger partial charge in [-0.25, -0.2) is 4.68 Å². The van der Waals surface area contributed by atoms with Gasteiger partial charge in [0.25, 0.3) is 0 Å². The van der Waals surface area contributed by atoms with E-state index in [0.29, 0.717) is 0 Å². The van der Waals surface area contributed by atoms with E-state index in [9.17, 15) is 0 Å². The van der Waals surface area contributed by atoms with E-state index >= 15 is 0 Å². The number of rotatable bonds is 3. The van der Waals surface area contributed by atoms with Crippen LogP contribution < -0.4 is 5.73 Å². The SMILES string of the molecule is Cc1cnn(C(C)Cc2ccc(Br)cc2)c1N. The van der Waals surface area contributed by atoms with Gasteiger partial charge in [0.05, 0.1) is 12.2 Å². The van der Waals surface area contributed by atoms with Crippen LogP contribution in [0.2, 0.25) is 0 Å². The topological polar surface area (TPSA) is 43.8 Å². The highest BCUT2D eigenvalue weighted by Gasteiger charge is 2.11. The number of hydrogen-bond donors (Lipinski definition) is 1. The standard InChI is InChI=1S/C13H16BrN3/c1-9-8-16-17(13(9)15)10(2)7-11-3-5-12(14)6-4-11/h3-6,8,10H,7,15H2,1-2H3. The molecule has 0 saturated carbocycles. The van der Waals surface area contributed by atoms with Crippen molar-refractivity contribution in [1.29, 1.82) is 0 Å². The molecule has 1 heterocycles. The number of hydrogen-bond acceptors (Lipinski definition) is 2. The minimum absolute atomic E-state index is 0.268. The van der Waals surface area contributed by atoms with Crippen LogP contribution in [0.5, 0.6) is 0 Å². The molecule has 0 aliphatic heterocycles. The molecule has 2 N–H and O–H groups in total. The average Bonchev–Trinajstić information content (AvgIpc) is 2.63. The maximum atomic E-state index is 5.97. The normalized spacial score (nSPS) is 12.6. The first kappa shape index (κ1) is 12.2. The second-order valence-electron chi connectivity index (χ2n) is 4.34. The predicted octanol–water partition coefficient (Wildman–Crippen LogP) is 3.34. The third-order valence-corrected chi connectivity index (χ3v) is 3.42. The van der Waals surface area contributed by atoms with Crippen molar-refractivity contribution in [3.63, 3.8) is 0 Å². The van der Waals surface area contributed by atoms with E-state index in [2.05, 4.69) is 52.2 Å². The molecule has 0 amide bonds. The van der Waals surface area contributed by atoms with Gasteiger partial charge in [0.2, 0.25) is 0 Å². The lowest BCUT2D eigenvalue weighted by Crippen LogP contribution is -2.12. The molecule has 0 bridgehead atoms. The van der Waals surface area contributed by atoms with Gasteiger partial charge in [0.1, 0.15) is 5.82 Å². The molecular formula is C13H16BrN3. The summed E-state index contributed by atoms with van der Waals surface area (Å²) in [7, 11) is 0. The predicted molar refractivity (Wildman–Crippen MR) is 73.9 cm³/mol. The van der Waals surface area contributed by atoms with Gasteiger partial charge >= 0.3 is 0 Å². The Bertz CT molecular complexity index is 502. The van der Waals surface area contributed by atoms with Gasteiger partial charge in [-0.1, -0.05) is 28.1 Å². The lowest BCUT2D eigenvalue weighted by atomic mass is 10.1. The summed E-state index contributed by atoms with van der Waals surface area (Å²) >= 11 is 3.43. The molecule has 1 aromatic heterocycles. The summed E-state index contributed by atoms with van der Waals surface area (Å²) in [5.74, 6) is 0.759.